The van der Waals surface area contributed by atoms with E-state index in [4.69, 9.17) is 4.42 Å². The first-order chi connectivity index (χ1) is 25.3. The predicted molar refractivity (Wildman–Crippen MR) is 223 cm³/mol. The van der Waals surface area contributed by atoms with Crippen LogP contribution >= 0.6 is 22.7 Å². The average molecular weight is 683 g/mol. The minimum Gasteiger partial charge on any atom is -0.456 e. The van der Waals surface area contributed by atoms with Crippen molar-refractivity contribution in [2.24, 2.45) is 0 Å². The van der Waals surface area contributed by atoms with Crippen molar-refractivity contribution in [1.29, 1.82) is 0 Å². The van der Waals surface area contributed by atoms with Gasteiger partial charge in [-0.3, -0.25) is 0 Å². The number of hydrogen-bond donors (Lipinski definition) is 0. The lowest BCUT2D eigenvalue weighted by atomic mass is 9.85. The van der Waals surface area contributed by atoms with Crippen LogP contribution < -0.4 is 0 Å². The van der Waals surface area contributed by atoms with Gasteiger partial charge in [-0.1, -0.05) is 115 Å². The van der Waals surface area contributed by atoms with Crippen molar-refractivity contribution in [1.82, 2.24) is 0 Å². The minimum absolute atomic E-state index is 0.918. The van der Waals surface area contributed by atoms with Gasteiger partial charge in [0.05, 0.1) is 0 Å². The number of thiophene rings is 2. The van der Waals surface area contributed by atoms with Gasteiger partial charge in [0.2, 0.25) is 0 Å². The molecule has 51 heavy (non-hydrogen) atoms. The Labute approximate surface area is 300 Å². The van der Waals surface area contributed by atoms with E-state index >= 15 is 0 Å². The lowest BCUT2D eigenvalue weighted by molar-refractivity contribution is 0.669. The Hall–Kier alpha value is -6.00. The largest absolute Gasteiger partial charge is 0.456 e. The molecule has 0 saturated carbocycles. The maximum absolute atomic E-state index is 6.36. The SMILES string of the molecule is c1ccc2c(c1)oc1cc(-c3c4ccccc4c(-c4ccc5sc6c(ccc7c6ccc6sc8ccccc8c67)c5c4)c4ccccc34)ccc12. The fourth-order valence-corrected chi connectivity index (χ4v) is 11.0. The van der Waals surface area contributed by atoms with Gasteiger partial charge in [-0.15, -0.1) is 22.7 Å². The normalized spacial score (nSPS) is 12.3. The topological polar surface area (TPSA) is 13.1 Å². The van der Waals surface area contributed by atoms with Crippen molar-refractivity contribution in [3.05, 3.63) is 158 Å². The van der Waals surface area contributed by atoms with Crippen LogP contribution in [0.3, 0.4) is 0 Å². The molecular weight excluding hydrogens is 657 g/mol. The zero-order valence-corrected chi connectivity index (χ0v) is 28.9. The number of hydrogen-bond acceptors (Lipinski definition) is 3. The molecule has 0 saturated heterocycles. The van der Waals surface area contributed by atoms with E-state index in [1.807, 2.05) is 28.7 Å². The van der Waals surface area contributed by atoms with Crippen molar-refractivity contribution >= 4 is 117 Å². The fourth-order valence-electron chi connectivity index (χ4n) is 8.65. The summed E-state index contributed by atoms with van der Waals surface area (Å²) < 4.78 is 11.7. The summed E-state index contributed by atoms with van der Waals surface area (Å²) in [6, 6.07) is 58.1. The maximum Gasteiger partial charge on any atom is 0.136 e. The summed E-state index contributed by atoms with van der Waals surface area (Å²) in [7, 11) is 0. The van der Waals surface area contributed by atoms with Crippen molar-refractivity contribution < 1.29 is 4.42 Å². The summed E-state index contributed by atoms with van der Waals surface area (Å²) in [6.45, 7) is 0. The summed E-state index contributed by atoms with van der Waals surface area (Å²) in [5, 5.41) is 15.4. The third-order valence-corrected chi connectivity index (χ3v) is 13.2. The number of para-hydroxylation sites is 1. The molecule has 12 aromatic rings. The molecule has 0 aliphatic carbocycles. The van der Waals surface area contributed by atoms with Crippen LogP contribution in [-0.4, -0.2) is 0 Å². The Bertz CT molecular complexity index is 3370. The predicted octanol–water partition coefficient (Wildman–Crippen LogP) is 15.1. The molecule has 236 valence electrons. The van der Waals surface area contributed by atoms with E-state index in [0.29, 0.717) is 0 Å². The van der Waals surface area contributed by atoms with Crippen molar-refractivity contribution in [3.8, 4) is 22.3 Å². The van der Waals surface area contributed by atoms with Crippen LogP contribution in [0.4, 0.5) is 0 Å². The van der Waals surface area contributed by atoms with Crippen LogP contribution in [0.1, 0.15) is 0 Å². The lowest BCUT2D eigenvalue weighted by Gasteiger charge is -2.18. The van der Waals surface area contributed by atoms with Gasteiger partial charge in [-0.2, -0.15) is 0 Å². The van der Waals surface area contributed by atoms with Gasteiger partial charge in [-0.25, -0.2) is 0 Å². The van der Waals surface area contributed by atoms with Gasteiger partial charge in [0.25, 0.3) is 0 Å². The molecule has 0 radical (unpaired) electrons. The molecule has 0 spiro atoms. The molecule has 1 nitrogen and oxygen atoms in total. The number of fused-ring (bicyclic) bond motifs is 14. The van der Waals surface area contributed by atoms with E-state index in [2.05, 4.69) is 152 Å². The monoisotopic (exact) mass is 682 g/mol. The molecule has 0 amide bonds. The van der Waals surface area contributed by atoms with Crippen LogP contribution in [0.5, 0.6) is 0 Å². The second-order valence-corrected chi connectivity index (χ2v) is 15.7. The number of rotatable bonds is 2. The van der Waals surface area contributed by atoms with E-state index in [1.165, 1.54) is 94.9 Å². The molecule has 3 heteroatoms. The second-order valence-electron chi connectivity index (χ2n) is 13.5. The Balaban J connectivity index is 1.10. The average Bonchev–Trinajstić information content (AvgIpc) is 3.87. The highest BCUT2D eigenvalue weighted by Crippen LogP contribution is 2.48. The van der Waals surface area contributed by atoms with Crippen LogP contribution in [0.2, 0.25) is 0 Å². The molecule has 0 atom stereocenters. The molecular formula is C48H26OS2. The molecule has 0 fully saturated rings. The third kappa shape index (κ3) is 3.85. The molecule has 0 unspecified atom stereocenters. The van der Waals surface area contributed by atoms with Gasteiger partial charge in [0, 0.05) is 56.5 Å². The Morgan fingerprint density at radius 2 is 0.824 bits per heavy atom. The smallest absolute Gasteiger partial charge is 0.136 e. The first kappa shape index (κ1) is 27.8. The summed E-state index contributed by atoms with van der Waals surface area (Å²) in [6.07, 6.45) is 0. The summed E-state index contributed by atoms with van der Waals surface area (Å²) in [5.74, 6) is 0. The van der Waals surface area contributed by atoms with Gasteiger partial charge in [0.15, 0.2) is 0 Å². The van der Waals surface area contributed by atoms with Gasteiger partial charge in [-0.05, 0) is 91.6 Å². The molecule has 9 aromatic carbocycles. The zero-order valence-electron chi connectivity index (χ0n) is 27.2. The van der Waals surface area contributed by atoms with Crippen LogP contribution in [0.15, 0.2) is 162 Å². The lowest BCUT2D eigenvalue weighted by Crippen LogP contribution is -1.90. The van der Waals surface area contributed by atoms with E-state index in [-0.39, 0.29) is 0 Å². The van der Waals surface area contributed by atoms with E-state index in [1.54, 1.807) is 0 Å². The van der Waals surface area contributed by atoms with Crippen LogP contribution in [-0.2, 0) is 0 Å². The molecule has 0 aliphatic heterocycles. The summed E-state index contributed by atoms with van der Waals surface area (Å²) in [5.41, 5.74) is 6.78. The molecule has 0 N–H and O–H groups in total. The van der Waals surface area contributed by atoms with Crippen molar-refractivity contribution in [2.45, 2.75) is 0 Å². The van der Waals surface area contributed by atoms with Gasteiger partial charge < -0.3 is 4.42 Å². The molecule has 12 rings (SSSR count). The summed E-state index contributed by atoms with van der Waals surface area (Å²) >= 11 is 3.80. The Kier molecular flexibility index (Phi) is 5.59. The minimum atomic E-state index is 0.918. The molecule has 3 aromatic heterocycles. The standard InChI is InChI=1S/C48H26OS2/c1-3-12-33-31(10-1)45(32-11-2-4-13-34(32)46(33)28-17-19-30-29-9-5-7-15-40(29)49-41(30)26-28)27-18-23-43-39(25-27)37-21-20-35-36(48(37)51-43)22-24-44-47(35)38-14-6-8-16-42(38)50-44/h1-26H. The van der Waals surface area contributed by atoms with Gasteiger partial charge >= 0.3 is 0 Å². The van der Waals surface area contributed by atoms with Gasteiger partial charge in [0.1, 0.15) is 11.2 Å². The van der Waals surface area contributed by atoms with E-state index in [0.717, 1.165) is 21.9 Å². The second kappa shape index (κ2) is 10.3. The fraction of sp³-hybridized carbons (Fsp3) is 0. The van der Waals surface area contributed by atoms with E-state index < -0.39 is 0 Å². The quantitative estimate of drug-likeness (QED) is 0.165. The van der Waals surface area contributed by atoms with Crippen LogP contribution in [0.25, 0.3) is 117 Å². The summed E-state index contributed by atoms with van der Waals surface area (Å²) in [4.78, 5) is 0. The Morgan fingerprint density at radius 1 is 0.314 bits per heavy atom. The Morgan fingerprint density at radius 3 is 1.59 bits per heavy atom. The number of furan rings is 1. The highest BCUT2D eigenvalue weighted by Gasteiger charge is 2.19. The first-order valence-corrected chi connectivity index (χ1v) is 19.0. The van der Waals surface area contributed by atoms with E-state index in [9.17, 15) is 0 Å². The van der Waals surface area contributed by atoms with Crippen molar-refractivity contribution in [3.63, 3.8) is 0 Å². The highest BCUT2D eigenvalue weighted by atomic mass is 32.1. The highest BCUT2D eigenvalue weighted by molar-refractivity contribution is 7.27. The maximum atomic E-state index is 6.36. The number of benzene rings is 9. The molecule has 0 bridgehead atoms. The van der Waals surface area contributed by atoms with Crippen LogP contribution in [0, 0.1) is 0 Å². The molecule has 3 heterocycles. The first-order valence-electron chi connectivity index (χ1n) is 17.3. The van der Waals surface area contributed by atoms with Crippen molar-refractivity contribution in [2.75, 3.05) is 0 Å². The zero-order chi connectivity index (χ0) is 33.2. The third-order valence-electron chi connectivity index (χ3n) is 10.9. The molecule has 0 aliphatic rings.